The number of aliphatic hydroxyl groups excluding tert-OH is 2. The van der Waals surface area contributed by atoms with Gasteiger partial charge in [-0.3, -0.25) is 9.59 Å². The Morgan fingerprint density at radius 3 is 2.82 bits per heavy atom. The fraction of sp³-hybridized carbons (Fsp3) is 0.654. The third-order valence-corrected chi connectivity index (χ3v) is 9.80. The lowest BCUT2D eigenvalue weighted by molar-refractivity contribution is -0.149. The molecule has 186 valence electrons. The van der Waals surface area contributed by atoms with Crippen molar-refractivity contribution in [3.8, 4) is 0 Å². The van der Waals surface area contributed by atoms with Gasteiger partial charge in [0.1, 0.15) is 10.4 Å². The number of esters is 1. The Balaban J connectivity index is 1.58. The van der Waals surface area contributed by atoms with E-state index >= 15 is 0 Å². The van der Waals surface area contributed by atoms with Crippen LogP contribution in [0.1, 0.15) is 65.0 Å². The number of cyclic esters (lactones) is 1. The monoisotopic (exact) mass is 505 g/mol. The molecular formula is C26H35NO5S2. The van der Waals surface area contributed by atoms with Gasteiger partial charge in [-0.1, -0.05) is 38.1 Å². The first-order valence-electron chi connectivity index (χ1n) is 12.1. The minimum atomic E-state index is -1.22. The fourth-order valence-corrected chi connectivity index (χ4v) is 6.69. The molecule has 4 rings (SSSR count). The summed E-state index contributed by atoms with van der Waals surface area (Å²) in [4.78, 5) is 30.2. The van der Waals surface area contributed by atoms with Gasteiger partial charge in [-0.2, -0.15) is 0 Å². The topological polar surface area (TPSA) is 96.7 Å². The summed E-state index contributed by atoms with van der Waals surface area (Å²) in [5, 5.41) is 23.4. The quantitative estimate of drug-likeness (QED) is 0.456. The van der Waals surface area contributed by atoms with Crippen LogP contribution in [0, 0.1) is 23.2 Å². The number of aromatic nitrogens is 1. The second-order valence-corrected chi connectivity index (χ2v) is 12.4. The lowest BCUT2D eigenvalue weighted by Gasteiger charge is -2.33. The van der Waals surface area contributed by atoms with Crippen molar-refractivity contribution in [2.24, 2.45) is 23.2 Å². The van der Waals surface area contributed by atoms with E-state index in [-0.39, 0.29) is 29.1 Å². The Morgan fingerprint density at radius 2 is 2.12 bits per heavy atom. The third-order valence-electron chi connectivity index (χ3n) is 7.92. The molecule has 6 nitrogen and oxygen atoms in total. The van der Waals surface area contributed by atoms with Gasteiger partial charge in [0.15, 0.2) is 5.78 Å². The van der Waals surface area contributed by atoms with Crippen LogP contribution >= 0.6 is 23.1 Å². The summed E-state index contributed by atoms with van der Waals surface area (Å²) >= 11 is 3.19. The zero-order chi connectivity index (χ0) is 24.6. The van der Waals surface area contributed by atoms with E-state index < -0.39 is 30.2 Å². The van der Waals surface area contributed by atoms with Crippen LogP contribution in [0.2, 0.25) is 0 Å². The van der Waals surface area contributed by atoms with E-state index in [1.807, 2.05) is 24.6 Å². The molecule has 1 aliphatic heterocycles. The van der Waals surface area contributed by atoms with Crippen molar-refractivity contribution in [3.05, 3.63) is 28.3 Å². The maximum absolute atomic E-state index is 12.9. The second kappa shape index (κ2) is 10.2. The number of hydrogen-bond acceptors (Lipinski definition) is 8. The Hall–Kier alpha value is -1.48. The van der Waals surface area contributed by atoms with E-state index in [0.717, 1.165) is 47.7 Å². The summed E-state index contributed by atoms with van der Waals surface area (Å²) in [6, 6.07) is 0. The van der Waals surface area contributed by atoms with Crippen molar-refractivity contribution >= 4 is 40.9 Å². The third kappa shape index (κ3) is 5.50. The van der Waals surface area contributed by atoms with Crippen LogP contribution in [0.5, 0.6) is 0 Å². The Bertz CT molecular complexity index is 1000. The molecule has 1 fully saturated rings. The average molecular weight is 506 g/mol. The van der Waals surface area contributed by atoms with Gasteiger partial charge in [0.2, 0.25) is 0 Å². The Morgan fingerprint density at radius 1 is 1.35 bits per heavy atom. The SMILES string of the molecule is CSc1nc(/C=C(\C)[C@@H]2C[C@@H]3C[C@]3(C)CCC[C@@H]3C=C(C(=O)[C@H](C)[C@H]3O)[C@@H](O)CC(=O)O2)cs1. The minimum absolute atomic E-state index is 0.181. The van der Waals surface area contributed by atoms with Crippen molar-refractivity contribution in [2.75, 3.05) is 6.26 Å². The summed E-state index contributed by atoms with van der Waals surface area (Å²) in [7, 11) is 0. The molecule has 2 bridgehead atoms. The van der Waals surface area contributed by atoms with Gasteiger partial charge in [-0.25, -0.2) is 4.98 Å². The highest BCUT2D eigenvalue weighted by Gasteiger charge is 2.50. The van der Waals surface area contributed by atoms with Crippen LogP contribution in [0.25, 0.3) is 6.08 Å². The molecule has 0 radical (unpaired) electrons. The number of hydrogen-bond donors (Lipinski definition) is 2. The molecule has 1 saturated carbocycles. The molecule has 0 spiro atoms. The smallest absolute Gasteiger partial charge is 0.309 e. The zero-order valence-electron chi connectivity index (χ0n) is 20.3. The lowest BCUT2D eigenvalue weighted by Crippen LogP contribution is -2.40. The predicted molar refractivity (Wildman–Crippen MR) is 134 cm³/mol. The maximum Gasteiger partial charge on any atom is 0.309 e. The molecule has 0 unspecified atom stereocenters. The van der Waals surface area contributed by atoms with E-state index in [1.165, 1.54) is 0 Å². The number of carbonyl (C=O) groups is 2. The molecule has 1 aromatic heterocycles. The summed E-state index contributed by atoms with van der Waals surface area (Å²) in [6.45, 7) is 5.96. The van der Waals surface area contributed by atoms with Gasteiger partial charge in [0.25, 0.3) is 0 Å². The molecule has 2 aliphatic carbocycles. The minimum Gasteiger partial charge on any atom is -0.458 e. The van der Waals surface area contributed by atoms with Crippen LogP contribution in [0.4, 0.5) is 0 Å². The van der Waals surface area contributed by atoms with Crippen molar-refractivity contribution in [2.45, 2.75) is 81.9 Å². The molecular weight excluding hydrogens is 470 g/mol. The zero-order valence-corrected chi connectivity index (χ0v) is 22.0. The first-order valence-corrected chi connectivity index (χ1v) is 14.2. The molecule has 2 heterocycles. The molecule has 0 saturated heterocycles. The van der Waals surface area contributed by atoms with E-state index in [2.05, 4.69) is 11.9 Å². The fourth-order valence-electron chi connectivity index (χ4n) is 5.46. The number of carbonyl (C=O) groups excluding carboxylic acids is 2. The van der Waals surface area contributed by atoms with E-state index in [9.17, 15) is 19.8 Å². The van der Waals surface area contributed by atoms with Crippen LogP contribution in [0.3, 0.4) is 0 Å². The van der Waals surface area contributed by atoms with Gasteiger partial charge >= 0.3 is 5.97 Å². The summed E-state index contributed by atoms with van der Waals surface area (Å²) in [5.41, 5.74) is 2.24. The van der Waals surface area contributed by atoms with E-state index in [1.54, 1.807) is 36.1 Å². The molecule has 0 amide bonds. The molecule has 34 heavy (non-hydrogen) atoms. The van der Waals surface area contributed by atoms with Crippen molar-refractivity contribution in [3.63, 3.8) is 0 Å². The van der Waals surface area contributed by atoms with E-state index in [4.69, 9.17) is 4.74 Å². The number of fused-ring (bicyclic) bond motifs is 2. The Labute approximate surface area is 209 Å². The molecule has 2 N–H and O–H groups in total. The summed E-state index contributed by atoms with van der Waals surface area (Å²) in [6.07, 6.45) is 7.63. The van der Waals surface area contributed by atoms with Gasteiger partial charge in [0, 0.05) is 22.8 Å². The maximum atomic E-state index is 12.9. The van der Waals surface area contributed by atoms with Crippen molar-refractivity contribution < 1.29 is 24.5 Å². The highest BCUT2D eigenvalue weighted by Crippen LogP contribution is 2.58. The molecule has 0 aromatic carbocycles. The lowest BCUT2D eigenvalue weighted by atomic mass is 9.75. The number of ether oxygens (including phenoxy) is 1. The van der Waals surface area contributed by atoms with Crippen molar-refractivity contribution in [1.82, 2.24) is 4.98 Å². The number of nitrogens with zero attached hydrogens (tertiary/aromatic N) is 1. The number of aliphatic hydroxyl groups is 2. The molecule has 1 aromatic rings. The summed E-state index contributed by atoms with van der Waals surface area (Å²) in [5.74, 6) is -1.11. The average Bonchev–Trinajstić information content (AvgIpc) is 3.19. The van der Waals surface area contributed by atoms with Gasteiger partial charge in [-0.05, 0) is 61.8 Å². The number of rotatable bonds is 3. The summed E-state index contributed by atoms with van der Waals surface area (Å²) < 4.78 is 6.90. The van der Waals surface area contributed by atoms with Gasteiger partial charge in [-0.15, -0.1) is 11.3 Å². The number of ketones is 1. The van der Waals surface area contributed by atoms with E-state index in [0.29, 0.717) is 5.92 Å². The number of thiazole rings is 1. The van der Waals surface area contributed by atoms with Gasteiger partial charge in [0.05, 0.1) is 24.3 Å². The highest BCUT2D eigenvalue weighted by atomic mass is 32.2. The molecule has 3 aliphatic rings. The molecule has 7 atom stereocenters. The number of Topliss-reactive ketones (excluding diaryl/α,β-unsaturated/α-hetero) is 1. The number of thioether (sulfide) groups is 1. The largest absolute Gasteiger partial charge is 0.458 e. The van der Waals surface area contributed by atoms with Crippen LogP contribution in [0.15, 0.2) is 26.9 Å². The van der Waals surface area contributed by atoms with Crippen LogP contribution in [-0.4, -0.2) is 51.5 Å². The predicted octanol–water partition coefficient (Wildman–Crippen LogP) is 4.65. The first kappa shape index (κ1) is 25.6. The van der Waals surface area contributed by atoms with Crippen molar-refractivity contribution in [1.29, 1.82) is 0 Å². The molecule has 8 heteroatoms. The second-order valence-electron chi connectivity index (χ2n) is 10.4. The normalized spacial score (nSPS) is 37.4. The van der Waals surface area contributed by atoms with Crippen LogP contribution < -0.4 is 0 Å². The standard InChI is InChI=1S/C26H35NO5S2/c1-14(8-18-13-34-25(27-18)33-4)21-10-17-12-26(17,3)7-5-6-16-9-19(20(28)11-22(29)32-21)24(31)15(2)23(16)30/h8-9,13,15-17,20-21,23,28,30H,5-7,10-12H2,1-4H3/b14-8+/t15-,16-,17-,20+,21+,23-,26+/m1/s1. The highest BCUT2D eigenvalue weighted by molar-refractivity contribution is 8.00. The van der Waals surface area contributed by atoms with Crippen LogP contribution in [-0.2, 0) is 14.3 Å². The van der Waals surface area contributed by atoms with Gasteiger partial charge < -0.3 is 14.9 Å². The first-order chi connectivity index (χ1) is 16.1. The Kier molecular flexibility index (Phi) is 7.72.